The molecular weight excluding hydrogens is 353 g/mol. The van der Waals surface area contributed by atoms with E-state index in [1.54, 1.807) is 12.1 Å². The summed E-state index contributed by atoms with van der Waals surface area (Å²) in [7, 11) is 0. The third kappa shape index (κ3) is 3.79. The van der Waals surface area contributed by atoms with Crippen molar-refractivity contribution < 1.29 is 13.9 Å². The Balaban J connectivity index is 1.49. The van der Waals surface area contributed by atoms with Gasteiger partial charge in [-0.2, -0.15) is 0 Å². The van der Waals surface area contributed by atoms with Crippen LogP contribution in [0.15, 0.2) is 24.3 Å². The number of aromatic nitrogens is 1. The average Bonchev–Trinajstić information content (AvgIpc) is 3.23. The van der Waals surface area contributed by atoms with Gasteiger partial charge < -0.3 is 10.5 Å². The molecule has 0 bridgehead atoms. The molecule has 1 aliphatic heterocycles. The van der Waals surface area contributed by atoms with Gasteiger partial charge in [0.05, 0.1) is 11.8 Å². The maximum absolute atomic E-state index is 14.0. The second kappa shape index (κ2) is 7.42. The standard InChI is InChI=1S/C19H22FN3O2S/c20-14-4-2-1-3-12(14)9-16-17(11-5-6-11)22-19(26-16)23-18(24)15-8-7-13(10-21)25-15/h1-4,11,13,15H,5-10,21H2,(H,22,23,24)/t13-,15+/m1/s1. The summed E-state index contributed by atoms with van der Waals surface area (Å²) in [5, 5.41) is 3.45. The number of nitrogens with zero attached hydrogens (tertiary/aromatic N) is 1. The second-order valence-corrected chi connectivity index (χ2v) is 8.00. The first kappa shape index (κ1) is 17.6. The van der Waals surface area contributed by atoms with Gasteiger partial charge in [0.15, 0.2) is 5.13 Å². The van der Waals surface area contributed by atoms with E-state index in [1.165, 1.54) is 17.4 Å². The van der Waals surface area contributed by atoms with Crippen molar-refractivity contribution in [3.05, 3.63) is 46.2 Å². The number of hydrogen-bond acceptors (Lipinski definition) is 5. The number of carbonyl (C=O) groups excluding carboxylic acids is 1. The van der Waals surface area contributed by atoms with Gasteiger partial charge in [0, 0.05) is 23.8 Å². The summed E-state index contributed by atoms with van der Waals surface area (Å²) >= 11 is 1.44. The van der Waals surface area contributed by atoms with E-state index in [0.29, 0.717) is 36.0 Å². The van der Waals surface area contributed by atoms with E-state index in [9.17, 15) is 9.18 Å². The maximum atomic E-state index is 14.0. The highest BCUT2D eigenvalue weighted by Gasteiger charge is 2.32. The Morgan fingerprint density at radius 3 is 2.81 bits per heavy atom. The van der Waals surface area contributed by atoms with E-state index in [1.807, 2.05) is 6.07 Å². The SMILES string of the molecule is NC[C@H]1CC[C@@H](C(=O)Nc2nc(C3CC3)c(Cc3ccccc3F)s2)O1. The Hall–Kier alpha value is -1.83. The lowest BCUT2D eigenvalue weighted by atomic mass is 10.1. The van der Waals surface area contributed by atoms with Crippen LogP contribution in [-0.4, -0.2) is 29.6 Å². The van der Waals surface area contributed by atoms with Gasteiger partial charge >= 0.3 is 0 Å². The minimum Gasteiger partial charge on any atom is -0.364 e. The number of nitrogens with one attached hydrogen (secondary N) is 1. The molecule has 2 aliphatic rings. The average molecular weight is 375 g/mol. The van der Waals surface area contributed by atoms with Crippen LogP contribution < -0.4 is 11.1 Å². The lowest BCUT2D eigenvalue weighted by Crippen LogP contribution is -2.29. The molecule has 138 valence electrons. The third-order valence-corrected chi connectivity index (χ3v) is 5.88. The topological polar surface area (TPSA) is 77.2 Å². The number of rotatable bonds is 6. The lowest BCUT2D eigenvalue weighted by molar-refractivity contribution is -0.126. The minimum absolute atomic E-state index is 0.0410. The van der Waals surface area contributed by atoms with Gasteiger partial charge in [0.25, 0.3) is 5.91 Å². The van der Waals surface area contributed by atoms with Crippen LogP contribution in [0.25, 0.3) is 0 Å². The first-order valence-electron chi connectivity index (χ1n) is 9.03. The molecule has 7 heteroatoms. The fourth-order valence-corrected chi connectivity index (χ4v) is 4.37. The first-order valence-corrected chi connectivity index (χ1v) is 9.85. The molecule has 1 aliphatic carbocycles. The van der Waals surface area contributed by atoms with E-state index < -0.39 is 6.10 Å². The van der Waals surface area contributed by atoms with Crippen LogP contribution in [-0.2, 0) is 16.0 Å². The van der Waals surface area contributed by atoms with Crippen molar-refractivity contribution in [1.29, 1.82) is 0 Å². The molecule has 5 nitrogen and oxygen atoms in total. The van der Waals surface area contributed by atoms with Gasteiger partial charge in [-0.3, -0.25) is 10.1 Å². The molecule has 0 spiro atoms. The number of ether oxygens (including phenoxy) is 1. The number of nitrogens with two attached hydrogens (primary N) is 1. The molecule has 2 atom stereocenters. The van der Waals surface area contributed by atoms with Crippen molar-refractivity contribution in [3.63, 3.8) is 0 Å². The Morgan fingerprint density at radius 1 is 1.31 bits per heavy atom. The fraction of sp³-hybridized carbons (Fsp3) is 0.474. The fourth-order valence-electron chi connectivity index (χ4n) is 3.29. The Morgan fingerprint density at radius 2 is 2.12 bits per heavy atom. The molecule has 1 amide bonds. The zero-order valence-corrected chi connectivity index (χ0v) is 15.2. The quantitative estimate of drug-likeness (QED) is 0.813. The molecule has 1 saturated heterocycles. The number of anilines is 1. The van der Waals surface area contributed by atoms with E-state index >= 15 is 0 Å². The second-order valence-electron chi connectivity index (χ2n) is 6.92. The summed E-state index contributed by atoms with van der Waals surface area (Å²) in [6.45, 7) is 0.430. The number of carbonyl (C=O) groups is 1. The molecule has 1 aromatic carbocycles. The molecule has 2 fully saturated rings. The number of amides is 1. The molecule has 2 aromatic rings. The number of hydrogen-bond donors (Lipinski definition) is 2. The minimum atomic E-state index is -0.466. The number of thiazole rings is 1. The van der Waals surface area contributed by atoms with Gasteiger partial charge in [0.1, 0.15) is 11.9 Å². The van der Waals surface area contributed by atoms with Crippen LogP contribution in [0.4, 0.5) is 9.52 Å². The van der Waals surface area contributed by atoms with Crippen molar-refractivity contribution in [2.45, 2.75) is 50.2 Å². The van der Waals surface area contributed by atoms with E-state index in [4.69, 9.17) is 10.5 Å². The first-order chi connectivity index (χ1) is 12.6. The molecule has 3 N–H and O–H groups in total. The van der Waals surface area contributed by atoms with Crippen LogP contribution in [0.2, 0.25) is 0 Å². The normalized spacial score (nSPS) is 22.5. The predicted octanol–water partition coefficient (Wildman–Crippen LogP) is 3.20. The summed E-state index contributed by atoms with van der Waals surface area (Å²) in [6, 6.07) is 6.80. The van der Waals surface area contributed by atoms with Gasteiger partial charge in [-0.25, -0.2) is 9.37 Å². The molecule has 0 radical (unpaired) electrons. The van der Waals surface area contributed by atoms with Crippen LogP contribution in [0.1, 0.15) is 47.7 Å². The Kier molecular flexibility index (Phi) is 5.02. The smallest absolute Gasteiger partial charge is 0.255 e. The highest BCUT2D eigenvalue weighted by atomic mass is 32.1. The molecule has 1 aromatic heterocycles. The summed E-state index contributed by atoms with van der Waals surface area (Å²) in [4.78, 5) is 18.1. The van der Waals surface area contributed by atoms with Crippen molar-refractivity contribution in [3.8, 4) is 0 Å². The zero-order chi connectivity index (χ0) is 18.1. The largest absolute Gasteiger partial charge is 0.364 e. The van der Waals surface area contributed by atoms with E-state index in [-0.39, 0.29) is 17.8 Å². The van der Waals surface area contributed by atoms with Crippen LogP contribution >= 0.6 is 11.3 Å². The number of halogens is 1. The molecule has 26 heavy (non-hydrogen) atoms. The van der Waals surface area contributed by atoms with Gasteiger partial charge in [0.2, 0.25) is 0 Å². The maximum Gasteiger partial charge on any atom is 0.255 e. The van der Waals surface area contributed by atoms with Crippen LogP contribution in [0.5, 0.6) is 0 Å². The Bertz CT molecular complexity index is 806. The van der Waals surface area contributed by atoms with Crippen LogP contribution in [0, 0.1) is 5.82 Å². The van der Waals surface area contributed by atoms with E-state index in [2.05, 4.69) is 10.3 Å². The highest BCUT2D eigenvalue weighted by Crippen LogP contribution is 2.44. The van der Waals surface area contributed by atoms with Crippen molar-refractivity contribution in [2.24, 2.45) is 5.73 Å². The summed E-state index contributed by atoms with van der Waals surface area (Å²) in [5.41, 5.74) is 7.25. The third-order valence-electron chi connectivity index (χ3n) is 4.89. The summed E-state index contributed by atoms with van der Waals surface area (Å²) in [5.74, 6) is 0.0536. The molecule has 1 saturated carbocycles. The summed E-state index contributed by atoms with van der Waals surface area (Å²) < 4.78 is 19.6. The monoisotopic (exact) mass is 375 g/mol. The van der Waals surface area contributed by atoms with Gasteiger partial charge in [-0.05, 0) is 37.3 Å². The Labute approximate surface area is 155 Å². The molecule has 2 heterocycles. The van der Waals surface area contributed by atoms with Crippen molar-refractivity contribution >= 4 is 22.4 Å². The zero-order valence-electron chi connectivity index (χ0n) is 14.4. The van der Waals surface area contributed by atoms with Crippen LogP contribution in [0.3, 0.4) is 0 Å². The predicted molar refractivity (Wildman–Crippen MR) is 98.9 cm³/mol. The summed E-state index contributed by atoms with van der Waals surface area (Å²) in [6.07, 6.45) is 3.68. The lowest BCUT2D eigenvalue weighted by Gasteiger charge is -2.11. The number of benzene rings is 1. The molecule has 0 unspecified atom stereocenters. The van der Waals surface area contributed by atoms with Gasteiger partial charge in [-0.15, -0.1) is 11.3 Å². The van der Waals surface area contributed by atoms with Gasteiger partial charge in [-0.1, -0.05) is 18.2 Å². The molecular formula is C19H22FN3O2S. The molecule has 4 rings (SSSR count). The van der Waals surface area contributed by atoms with E-state index in [0.717, 1.165) is 29.8 Å². The van der Waals surface area contributed by atoms with Crippen molar-refractivity contribution in [1.82, 2.24) is 4.98 Å². The van der Waals surface area contributed by atoms with Crippen molar-refractivity contribution in [2.75, 3.05) is 11.9 Å². The highest BCUT2D eigenvalue weighted by molar-refractivity contribution is 7.15.